The van der Waals surface area contributed by atoms with Crippen molar-refractivity contribution in [3.05, 3.63) is 47.5 Å². The Morgan fingerprint density at radius 1 is 1.35 bits per heavy atom. The van der Waals surface area contributed by atoms with Gasteiger partial charge >= 0.3 is 0 Å². The predicted molar refractivity (Wildman–Crippen MR) is 62.6 cm³/mol. The summed E-state index contributed by atoms with van der Waals surface area (Å²) in [6.07, 6.45) is 5.58. The van der Waals surface area contributed by atoms with Crippen molar-refractivity contribution in [3.63, 3.8) is 0 Å². The van der Waals surface area contributed by atoms with Gasteiger partial charge in [0, 0.05) is 18.0 Å². The molecule has 0 amide bonds. The molecule has 0 spiro atoms. The number of rotatable bonds is 1. The number of nitrogens with one attached hydrogen (secondary N) is 1. The molecule has 0 aliphatic heterocycles. The van der Waals surface area contributed by atoms with Crippen molar-refractivity contribution < 1.29 is 10.2 Å². The molecule has 1 unspecified atom stereocenters. The summed E-state index contributed by atoms with van der Waals surface area (Å²) in [5, 5.41) is 20.6. The van der Waals surface area contributed by atoms with Gasteiger partial charge in [0.2, 0.25) is 0 Å². The van der Waals surface area contributed by atoms with Crippen molar-refractivity contribution >= 4 is 0 Å². The number of imidazole rings is 1. The van der Waals surface area contributed by atoms with Crippen LogP contribution in [0, 0.1) is 0 Å². The Bertz CT molecular complexity index is 536. The van der Waals surface area contributed by atoms with E-state index in [-0.39, 0.29) is 5.75 Å². The molecule has 0 bridgehead atoms. The number of nitrogens with zero attached hydrogens (tertiary/aromatic N) is 1. The summed E-state index contributed by atoms with van der Waals surface area (Å²) in [6, 6.07) is 5.27. The van der Waals surface area contributed by atoms with Gasteiger partial charge in [-0.3, -0.25) is 0 Å². The number of fused-ring (bicyclic) bond motifs is 1. The van der Waals surface area contributed by atoms with Gasteiger partial charge in [0.1, 0.15) is 17.2 Å². The van der Waals surface area contributed by atoms with Crippen molar-refractivity contribution in [1.29, 1.82) is 0 Å². The number of aromatic hydroxyl groups is 1. The molecule has 4 nitrogen and oxygen atoms in total. The average molecular weight is 230 g/mol. The standard InChI is InChI=1S/C13H14N2O2/c16-11-5-1-4-10-9(11)3-2-6-13(10,17)12-14-7-8-15-12/h1,4-5,7-8,16-17H,2-3,6H2,(H,14,15). The molecule has 0 radical (unpaired) electrons. The second-order valence-electron chi connectivity index (χ2n) is 4.45. The maximum atomic E-state index is 10.8. The zero-order valence-corrected chi connectivity index (χ0v) is 9.35. The minimum atomic E-state index is -1.10. The van der Waals surface area contributed by atoms with Crippen molar-refractivity contribution in [2.75, 3.05) is 0 Å². The normalized spacial score (nSPS) is 23.4. The molecule has 3 N–H and O–H groups in total. The first kappa shape index (κ1) is 10.4. The van der Waals surface area contributed by atoms with E-state index < -0.39 is 5.60 Å². The Morgan fingerprint density at radius 2 is 2.24 bits per heavy atom. The highest BCUT2D eigenvalue weighted by Crippen LogP contribution is 2.41. The molecule has 88 valence electrons. The second kappa shape index (κ2) is 3.60. The summed E-state index contributed by atoms with van der Waals surface area (Å²) in [4.78, 5) is 7.12. The van der Waals surface area contributed by atoms with Crippen LogP contribution in [0.15, 0.2) is 30.6 Å². The van der Waals surface area contributed by atoms with Crippen LogP contribution in [0.3, 0.4) is 0 Å². The average Bonchev–Trinajstić information content (AvgIpc) is 2.85. The predicted octanol–water partition coefficient (Wildman–Crippen LogP) is 1.69. The maximum Gasteiger partial charge on any atom is 0.147 e. The minimum absolute atomic E-state index is 0.257. The molecular formula is C13H14N2O2. The molecule has 0 saturated heterocycles. The van der Waals surface area contributed by atoms with Crippen LogP contribution >= 0.6 is 0 Å². The van der Waals surface area contributed by atoms with Crippen molar-refractivity contribution in [2.45, 2.75) is 24.9 Å². The number of hydrogen-bond donors (Lipinski definition) is 3. The first-order valence-electron chi connectivity index (χ1n) is 5.75. The largest absolute Gasteiger partial charge is 0.508 e. The van der Waals surface area contributed by atoms with Crippen LogP contribution in [0.2, 0.25) is 0 Å². The van der Waals surface area contributed by atoms with Crippen LogP contribution in [0.4, 0.5) is 0 Å². The molecule has 1 aliphatic carbocycles. The van der Waals surface area contributed by atoms with E-state index in [0.29, 0.717) is 12.2 Å². The number of benzene rings is 1. The van der Waals surface area contributed by atoms with Gasteiger partial charge in [-0.15, -0.1) is 0 Å². The van der Waals surface area contributed by atoms with E-state index in [1.54, 1.807) is 24.5 Å². The van der Waals surface area contributed by atoms with E-state index in [9.17, 15) is 10.2 Å². The fourth-order valence-corrected chi connectivity index (χ4v) is 2.62. The lowest BCUT2D eigenvalue weighted by molar-refractivity contribution is 0.0527. The highest BCUT2D eigenvalue weighted by Gasteiger charge is 2.39. The number of phenolic OH excluding ortho intramolecular Hbond substituents is 1. The summed E-state index contributed by atoms with van der Waals surface area (Å²) in [7, 11) is 0. The Labute approximate surface area is 99.0 Å². The van der Waals surface area contributed by atoms with Crippen molar-refractivity contribution in [1.82, 2.24) is 9.97 Å². The minimum Gasteiger partial charge on any atom is -0.508 e. The van der Waals surface area contributed by atoms with E-state index in [2.05, 4.69) is 9.97 Å². The first-order valence-corrected chi connectivity index (χ1v) is 5.75. The fraction of sp³-hybridized carbons (Fsp3) is 0.308. The lowest BCUT2D eigenvalue weighted by Crippen LogP contribution is -2.33. The number of H-pyrrole nitrogens is 1. The van der Waals surface area contributed by atoms with Crippen LogP contribution in [-0.4, -0.2) is 20.2 Å². The van der Waals surface area contributed by atoms with Crippen LogP contribution in [0.5, 0.6) is 5.75 Å². The number of phenols is 1. The highest BCUT2D eigenvalue weighted by atomic mass is 16.3. The van der Waals surface area contributed by atoms with Gasteiger partial charge in [-0.05, 0) is 30.9 Å². The molecule has 4 heteroatoms. The van der Waals surface area contributed by atoms with Gasteiger partial charge in [-0.1, -0.05) is 12.1 Å². The number of aromatic nitrogens is 2. The van der Waals surface area contributed by atoms with Gasteiger partial charge in [-0.25, -0.2) is 4.98 Å². The SMILES string of the molecule is Oc1cccc2c1CCCC2(O)c1ncc[nH]1. The molecule has 3 rings (SSSR count). The molecule has 1 aromatic heterocycles. The molecule has 2 aromatic rings. The molecule has 0 fully saturated rings. The van der Waals surface area contributed by atoms with Crippen LogP contribution in [0.1, 0.15) is 29.8 Å². The third-order valence-corrected chi connectivity index (χ3v) is 3.45. The van der Waals surface area contributed by atoms with Crippen molar-refractivity contribution in [3.8, 4) is 5.75 Å². The van der Waals surface area contributed by atoms with Gasteiger partial charge in [0.15, 0.2) is 0 Å². The Morgan fingerprint density at radius 3 is 3.00 bits per heavy atom. The van der Waals surface area contributed by atoms with Gasteiger partial charge < -0.3 is 15.2 Å². The van der Waals surface area contributed by atoms with Crippen LogP contribution < -0.4 is 0 Å². The maximum absolute atomic E-state index is 10.8. The zero-order chi connectivity index (χ0) is 11.9. The second-order valence-corrected chi connectivity index (χ2v) is 4.45. The molecule has 1 aliphatic rings. The Balaban J connectivity index is 2.20. The molecule has 0 saturated carbocycles. The van der Waals surface area contributed by atoms with Gasteiger partial charge in [0.05, 0.1) is 0 Å². The lowest BCUT2D eigenvalue weighted by atomic mass is 9.78. The monoisotopic (exact) mass is 230 g/mol. The van der Waals surface area contributed by atoms with E-state index >= 15 is 0 Å². The molecule has 17 heavy (non-hydrogen) atoms. The number of aromatic amines is 1. The zero-order valence-electron chi connectivity index (χ0n) is 9.35. The van der Waals surface area contributed by atoms with Crippen LogP contribution in [-0.2, 0) is 12.0 Å². The van der Waals surface area contributed by atoms with E-state index in [4.69, 9.17) is 0 Å². The fourth-order valence-electron chi connectivity index (χ4n) is 2.62. The topological polar surface area (TPSA) is 69.1 Å². The summed E-state index contributed by atoms with van der Waals surface area (Å²) in [5.41, 5.74) is 0.492. The van der Waals surface area contributed by atoms with E-state index in [0.717, 1.165) is 24.0 Å². The summed E-state index contributed by atoms with van der Waals surface area (Å²) in [6.45, 7) is 0. The highest BCUT2D eigenvalue weighted by molar-refractivity contribution is 5.46. The summed E-state index contributed by atoms with van der Waals surface area (Å²) in [5.74, 6) is 0.802. The Hall–Kier alpha value is -1.81. The van der Waals surface area contributed by atoms with Crippen molar-refractivity contribution in [2.24, 2.45) is 0 Å². The van der Waals surface area contributed by atoms with Gasteiger partial charge in [-0.2, -0.15) is 0 Å². The van der Waals surface area contributed by atoms with Crippen LogP contribution in [0.25, 0.3) is 0 Å². The smallest absolute Gasteiger partial charge is 0.147 e. The first-order chi connectivity index (χ1) is 8.22. The quantitative estimate of drug-likeness (QED) is 0.698. The Kier molecular flexibility index (Phi) is 2.19. The molecule has 1 heterocycles. The summed E-state index contributed by atoms with van der Waals surface area (Å²) < 4.78 is 0. The number of hydrogen-bond acceptors (Lipinski definition) is 3. The number of aliphatic hydroxyl groups is 1. The molecular weight excluding hydrogens is 216 g/mol. The third kappa shape index (κ3) is 1.45. The lowest BCUT2D eigenvalue weighted by Gasteiger charge is -2.33. The van der Waals surface area contributed by atoms with Gasteiger partial charge in [0.25, 0.3) is 0 Å². The van der Waals surface area contributed by atoms with E-state index in [1.807, 2.05) is 6.07 Å². The summed E-state index contributed by atoms with van der Waals surface area (Å²) >= 11 is 0. The third-order valence-electron chi connectivity index (χ3n) is 3.45. The van der Waals surface area contributed by atoms with E-state index in [1.165, 1.54) is 0 Å². The molecule has 1 aromatic carbocycles. The molecule has 1 atom stereocenters.